The van der Waals surface area contributed by atoms with Crippen molar-refractivity contribution in [1.29, 1.82) is 0 Å². The second-order valence-corrected chi connectivity index (χ2v) is 4.10. The largest absolute Gasteiger partial charge is 0.313 e. The fourth-order valence-corrected chi connectivity index (χ4v) is 1.62. The van der Waals surface area contributed by atoms with Gasteiger partial charge in [-0.05, 0) is 52.3 Å². The van der Waals surface area contributed by atoms with Crippen LogP contribution in [0.5, 0.6) is 0 Å². The molecular formula is C12H18F2N2. The summed E-state index contributed by atoms with van der Waals surface area (Å²) < 4.78 is 26.5. The van der Waals surface area contributed by atoms with Crippen molar-refractivity contribution in [2.45, 2.75) is 12.5 Å². The Kier molecular flexibility index (Phi) is 4.83. The van der Waals surface area contributed by atoms with Crippen molar-refractivity contribution in [3.63, 3.8) is 0 Å². The smallest absolute Gasteiger partial charge is 0.128 e. The first-order valence-corrected chi connectivity index (χ1v) is 5.31. The Hall–Kier alpha value is -1.00. The lowest BCUT2D eigenvalue weighted by Crippen LogP contribution is -2.23. The molecule has 0 aromatic heterocycles. The summed E-state index contributed by atoms with van der Waals surface area (Å²) in [6.07, 6.45) is 0.740. The SMILES string of the molecule is CNC(CCN(C)C)c1cc(F)ccc1F. The lowest BCUT2D eigenvalue weighted by Gasteiger charge is -2.19. The average Bonchev–Trinajstić information content (AvgIpc) is 2.23. The summed E-state index contributed by atoms with van der Waals surface area (Å²) in [5.41, 5.74) is 0.393. The topological polar surface area (TPSA) is 15.3 Å². The quantitative estimate of drug-likeness (QED) is 0.831. The molecule has 4 heteroatoms. The van der Waals surface area contributed by atoms with Gasteiger partial charge in [-0.15, -0.1) is 0 Å². The van der Waals surface area contributed by atoms with Crippen molar-refractivity contribution in [3.8, 4) is 0 Å². The highest BCUT2D eigenvalue weighted by atomic mass is 19.1. The van der Waals surface area contributed by atoms with E-state index in [1.165, 1.54) is 12.1 Å². The molecule has 0 saturated heterocycles. The summed E-state index contributed by atoms with van der Waals surface area (Å²) in [4.78, 5) is 2.02. The van der Waals surface area contributed by atoms with Crippen molar-refractivity contribution in [2.24, 2.45) is 0 Å². The molecule has 0 aliphatic carbocycles. The lowest BCUT2D eigenvalue weighted by atomic mass is 10.0. The van der Waals surface area contributed by atoms with Crippen LogP contribution in [0.4, 0.5) is 8.78 Å². The van der Waals surface area contributed by atoms with E-state index >= 15 is 0 Å². The second kappa shape index (κ2) is 5.92. The second-order valence-electron chi connectivity index (χ2n) is 4.10. The first-order valence-electron chi connectivity index (χ1n) is 5.31. The van der Waals surface area contributed by atoms with E-state index < -0.39 is 5.82 Å². The van der Waals surface area contributed by atoms with Crippen LogP contribution in [0.1, 0.15) is 18.0 Å². The Balaban J connectivity index is 2.81. The molecule has 0 saturated carbocycles. The van der Waals surface area contributed by atoms with E-state index in [-0.39, 0.29) is 11.9 Å². The molecule has 0 spiro atoms. The number of nitrogens with one attached hydrogen (secondary N) is 1. The van der Waals surface area contributed by atoms with E-state index in [0.29, 0.717) is 5.56 Å². The summed E-state index contributed by atoms with van der Waals surface area (Å²) in [7, 11) is 5.66. The Morgan fingerprint density at radius 1 is 1.31 bits per heavy atom. The maximum absolute atomic E-state index is 13.5. The predicted molar refractivity (Wildman–Crippen MR) is 61.3 cm³/mol. The monoisotopic (exact) mass is 228 g/mol. The number of rotatable bonds is 5. The zero-order chi connectivity index (χ0) is 12.1. The van der Waals surface area contributed by atoms with Gasteiger partial charge in [-0.3, -0.25) is 0 Å². The number of benzene rings is 1. The minimum Gasteiger partial charge on any atom is -0.313 e. The molecule has 16 heavy (non-hydrogen) atoms. The third kappa shape index (κ3) is 3.54. The van der Waals surface area contributed by atoms with Crippen LogP contribution in [-0.2, 0) is 0 Å². The van der Waals surface area contributed by atoms with Crippen molar-refractivity contribution >= 4 is 0 Å². The van der Waals surface area contributed by atoms with Gasteiger partial charge in [0.25, 0.3) is 0 Å². The number of hydrogen-bond donors (Lipinski definition) is 1. The van der Waals surface area contributed by atoms with Crippen molar-refractivity contribution < 1.29 is 8.78 Å². The molecule has 0 amide bonds. The van der Waals surface area contributed by atoms with E-state index in [0.717, 1.165) is 19.0 Å². The molecule has 1 aromatic rings. The molecule has 1 atom stereocenters. The minimum absolute atomic E-state index is 0.155. The van der Waals surface area contributed by atoms with Gasteiger partial charge in [0.15, 0.2) is 0 Å². The molecular weight excluding hydrogens is 210 g/mol. The van der Waals surface area contributed by atoms with Crippen molar-refractivity contribution in [2.75, 3.05) is 27.7 Å². The molecule has 1 unspecified atom stereocenters. The fourth-order valence-electron chi connectivity index (χ4n) is 1.62. The molecule has 1 rings (SSSR count). The zero-order valence-electron chi connectivity index (χ0n) is 9.93. The third-order valence-electron chi connectivity index (χ3n) is 2.55. The standard InChI is InChI=1S/C12H18F2N2/c1-15-12(6-7-16(2)3)10-8-9(13)4-5-11(10)14/h4-5,8,12,15H,6-7H2,1-3H3. The minimum atomic E-state index is -0.401. The van der Waals surface area contributed by atoms with Crippen molar-refractivity contribution in [3.05, 3.63) is 35.4 Å². The van der Waals surface area contributed by atoms with Gasteiger partial charge >= 0.3 is 0 Å². The van der Waals surface area contributed by atoms with Crippen LogP contribution < -0.4 is 5.32 Å². The number of halogens is 2. The Morgan fingerprint density at radius 3 is 2.56 bits per heavy atom. The fraction of sp³-hybridized carbons (Fsp3) is 0.500. The summed E-state index contributed by atoms with van der Waals surface area (Å²) in [6.45, 7) is 0.821. The molecule has 2 nitrogen and oxygen atoms in total. The molecule has 0 aliphatic heterocycles. The van der Waals surface area contributed by atoms with E-state index in [1.54, 1.807) is 7.05 Å². The third-order valence-corrected chi connectivity index (χ3v) is 2.55. The number of nitrogens with zero attached hydrogens (tertiary/aromatic N) is 1. The Bertz CT molecular complexity index is 340. The molecule has 0 fully saturated rings. The van der Waals surface area contributed by atoms with Gasteiger partial charge in [0.1, 0.15) is 11.6 Å². The van der Waals surface area contributed by atoms with Gasteiger partial charge in [-0.1, -0.05) is 0 Å². The van der Waals surface area contributed by atoms with Crippen LogP contribution in [0, 0.1) is 11.6 Å². The maximum atomic E-state index is 13.5. The van der Waals surface area contributed by atoms with Crippen LogP contribution in [0.2, 0.25) is 0 Å². The molecule has 1 N–H and O–H groups in total. The van der Waals surface area contributed by atoms with E-state index in [4.69, 9.17) is 0 Å². The molecule has 1 aromatic carbocycles. The van der Waals surface area contributed by atoms with Crippen LogP contribution in [0.25, 0.3) is 0 Å². The van der Waals surface area contributed by atoms with Gasteiger partial charge in [0.05, 0.1) is 0 Å². The van der Waals surface area contributed by atoms with E-state index in [9.17, 15) is 8.78 Å². The first kappa shape index (κ1) is 13.1. The van der Waals surface area contributed by atoms with Crippen molar-refractivity contribution in [1.82, 2.24) is 10.2 Å². The average molecular weight is 228 g/mol. The summed E-state index contributed by atoms with van der Waals surface area (Å²) in [6, 6.07) is 3.41. The molecule has 0 bridgehead atoms. The summed E-state index contributed by atoms with van der Waals surface area (Å²) in [5, 5.41) is 3.01. The number of hydrogen-bond acceptors (Lipinski definition) is 2. The van der Waals surface area contributed by atoms with Gasteiger partial charge < -0.3 is 10.2 Å². The van der Waals surface area contributed by atoms with E-state index in [1.807, 2.05) is 19.0 Å². The summed E-state index contributed by atoms with van der Waals surface area (Å²) in [5.74, 6) is -0.763. The van der Waals surface area contributed by atoms with Gasteiger partial charge in [-0.25, -0.2) is 8.78 Å². The molecule has 0 aliphatic rings. The van der Waals surface area contributed by atoms with Crippen LogP contribution in [0.15, 0.2) is 18.2 Å². The molecule has 0 radical (unpaired) electrons. The highest BCUT2D eigenvalue weighted by Gasteiger charge is 2.14. The molecule has 0 heterocycles. The Morgan fingerprint density at radius 2 is 2.00 bits per heavy atom. The van der Waals surface area contributed by atoms with E-state index in [2.05, 4.69) is 5.32 Å². The predicted octanol–water partition coefficient (Wildman–Crippen LogP) is 2.18. The normalized spacial score (nSPS) is 13.1. The highest BCUT2D eigenvalue weighted by Crippen LogP contribution is 2.21. The maximum Gasteiger partial charge on any atom is 0.128 e. The Labute approximate surface area is 95.3 Å². The lowest BCUT2D eigenvalue weighted by molar-refractivity contribution is 0.364. The summed E-state index contributed by atoms with van der Waals surface area (Å²) >= 11 is 0. The highest BCUT2D eigenvalue weighted by molar-refractivity contribution is 5.22. The van der Waals surface area contributed by atoms with Crippen LogP contribution >= 0.6 is 0 Å². The molecule has 90 valence electrons. The first-order chi connectivity index (χ1) is 7.54. The van der Waals surface area contributed by atoms with Crippen LogP contribution in [-0.4, -0.2) is 32.6 Å². The zero-order valence-corrected chi connectivity index (χ0v) is 9.93. The van der Waals surface area contributed by atoms with Gasteiger partial charge in [0.2, 0.25) is 0 Å². The van der Waals surface area contributed by atoms with Gasteiger partial charge in [-0.2, -0.15) is 0 Å². The van der Waals surface area contributed by atoms with Crippen LogP contribution in [0.3, 0.4) is 0 Å². The van der Waals surface area contributed by atoms with Gasteiger partial charge in [0, 0.05) is 11.6 Å².